The van der Waals surface area contributed by atoms with Crippen LogP contribution in [0.25, 0.3) is 44.2 Å². The molecule has 0 spiro atoms. The van der Waals surface area contributed by atoms with Crippen LogP contribution in [0, 0.1) is 12.1 Å². The molecule has 0 unspecified atom stereocenters. The summed E-state index contributed by atoms with van der Waals surface area (Å²) in [4.78, 5) is 2.44. The summed E-state index contributed by atoms with van der Waals surface area (Å²) in [5.41, 5.74) is 14.8. The van der Waals surface area contributed by atoms with E-state index in [4.69, 9.17) is 0 Å². The van der Waals surface area contributed by atoms with Gasteiger partial charge in [0.2, 0.25) is 0 Å². The van der Waals surface area contributed by atoms with Gasteiger partial charge in [0.25, 0.3) is 0 Å². The first-order chi connectivity index (χ1) is 24.6. The van der Waals surface area contributed by atoms with Gasteiger partial charge in [-0.05, 0) is 111 Å². The first-order valence-electron chi connectivity index (χ1n) is 18.2. The van der Waals surface area contributed by atoms with Crippen LogP contribution in [0.5, 0.6) is 0 Å². The first kappa shape index (κ1) is 30.5. The van der Waals surface area contributed by atoms with Crippen molar-refractivity contribution in [3.63, 3.8) is 0 Å². The second kappa shape index (κ2) is 12.4. The van der Waals surface area contributed by atoms with E-state index in [9.17, 15) is 0 Å². The maximum Gasteiger partial charge on any atom is 0.0540 e. The summed E-state index contributed by atoms with van der Waals surface area (Å²) in [6.45, 7) is 4.66. The lowest BCUT2D eigenvalue weighted by molar-refractivity contribution is 0.445. The van der Waals surface area contributed by atoms with Gasteiger partial charge in [-0.15, -0.1) is 0 Å². The van der Waals surface area contributed by atoms with Crippen molar-refractivity contribution < 1.29 is 0 Å². The third-order valence-electron chi connectivity index (χ3n) is 11.3. The summed E-state index contributed by atoms with van der Waals surface area (Å²) in [7, 11) is 0. The lowest BCUT2D eigenvalue weighted by Crippen LogP contribution is -2.16. The van der Waals surface area contributed by atoms with Crippen LogP contribution in [0.4, 0.5) is 17.1 Å². The fourth-order valence-electron chi connectivity index (χ4n) is 8.77. The molecular formula is C49H41N. The Hall–Kier alpha value is -5.58. The lowest BCUT2D eigenvalue weighted by Gasteiger charge is -2.30. The van der Waals surface area contributed by atoms with Crippen molar-refractivity contribution in [1.29, 1.82) is 0 Å². The molecule has 1 nitrogen and oxygen atoms in total. The molecule has 0 aliphatic heterocycles. The molecule has 0 bridgehead atoms. The molecule has 0 amide bonds. The van der Waals surface area contributed by atoms with Crippen LogP contribution in [0.15, 0.2) is 146 Å². The average Bonchev–Trinajstić information content (AvgIpc) is 3.41. The Balaban J connectivity index is 1.17. The van der Waals surface area contributed by atoms with Gasteiger partial charge in [0, 0.05) is 27.9 Å². The Morgan fingerprint density at radius 2 is 1.24 bits per heavy atom. The summed E-state index contributed by atoms with van der Waals surface area (Å²) < 4.78 is 0. The molecule has 242 valence electrons. The molecule has 0 heterocycles. The van der Waals surface area contributed by atoms with Gasteiger partial charge in [0.15, 0.2) is 0 Å². The molecule has 2 aliphatic carbocycles. The third kappa shape index (κ3) is 5.10. The van der Waals surface area contributed by atoms with Crippen molar-refractivity contribution in [2.24, 2.45) is 0 Å². The van der Waals surface area contributed by atoms with E-state index < -0.39 is 0 Å². The average molecular weight is 644 g/mol. The Bertz CT molecular complexity index is 2320. The summed E-state index contributed by atoms with van der Waals surface area (Å²) in [5, 5.41) is 2.76. The maximum absolute atomic E-state index is 3.42. The number of para-hydroxylation sites is 1. The molecule has 0 radical (unpaired) electrons. The van der Waals surface area contributed by atoms with Crippen LogP contribution < -0.4 is 4.90 Å². The zero-order valence-corrected chi connectivity index (χ0v) is 28.9. The van der Waals surface area contributed by atoms with E-state index >= 15 is 0 Å². The Labute approximate surface area is 296 Å². The quantitative estimate of drug-likeness (QED) is 0.174. The second-order valence-electron chi connectivity index (χ2n) is 14.6. The molecule has 1 fully saturated rings. The van der Waals surface area contributed by atoms with Crippen LogP contribution >= 0.6 is 0 Å². The molecule has 0 saturated heterocycles. The van der Waals surface area contributed by atoms with E-state index in [0.717, 1.165) is 17.1 Å². The molecule has 0 N–H and O–H groups in total. The highest BCUT2D eigenvalue weighted by Crippen LogP contribution is 2.51. The van der Waals surface area contributed by atoms with Crippen molar-refractivity contribution >= 4 is 27.8 Å². The van der Waals surface area contributed by atoms with Gasteiger partial charge in [0.1, 0.15) is 0 Å². The zero-order valence-electron chi connectivity index (χ0n) is 28.9. The van der Waals surface area contributed by atoms with E-state index in [1.165, 1.54) is 92.9 Å². The van der Waals surface area contributed by atoms with E-state index in [1.54, 1.807) is 0 Å². The molecule has 1 saturated carbocycles. The minimum Gasteiger partial charge on any atom is -0.310 e. The molecule has 9 rings (SSSR count). The molecule has 2 aliphatic rings. The summed E-state index contributed by atoms with van der Waals surface area (Å²) >= 11 is 0. The zero-order chi connectivity index (χ0) is 33.7. The standard InChI is InChI=1S/C49H41N/c1-49(2)46-23-13-11-22-44(46)45-30-29-38(33-47(45)49)50(48-24-14-12-19-41(48)35-17-7-4-8-18-35)37-27-25-36(26-28-37)40-32-31-39(34-15-5-3-6-16-34)42-20-9-10-21-43(40)42/h4,7-10,12-14,17-21,23-34H,3,5-6,15-16H2,1-2H3. The van der Waals surface area contributed by atoms with Crippen molar-refractivity contribution in [2.45, 2.75) is 57.3 Å². The first-order valence-corrected chi connectivity index (χ1v) is 18.2. The summed E-state index contributed by atoms with van der Waals surface area (Å²) in [5.74, 6) is 0.671. The SMILES string of the molecule is CC1(C)c2ccc#cc2-c2ccc(N(c3ccc(-c4ccc(C5CCCCC5)c5ccccc45)cc3)c3ccccc3-c3ccccc3)cc21. The molecule has 0 atom stereocenters. The molecule has 0 aromatic heterocycles. The molecule has 7 aromatic carbocycles. The Morgan fingerprint density at radius 3 is 2.06 bits per heavy atom. The summed E-state index contributed by atoms with van der Waals surface area (Å²) in [6.07, 6.45) is 6.68. The normalized spacial score (nSPS) is 14.9. The fraction of sp³-hybridized carbons (Fsp3) is 0.184. The van der Waals surface area contributed by atoms with Gasteiger partial charge in [-0.3, -0.25) is 0 Å². The van der Waals surface area contributed by atoms with E-state index in [2.05, 4.69) is 170 Å². The van der Waals surface area contributed by atoms with Crippen molar-refractivity contribution in [3.05, 3.63) is 174 Å². The second-order valence-corrected chi connectivity index (χ2v) is 14.6. The van der Waals surface area contributed by atoms with Crippen LogP contribution in [-0.2, 0) is 5.41 Å². The van der Waals surface area contributed by atoms with E-state index in [-0.39, 0.29) is 5.41 Å². The highest BCUT2D eigenvalue weighted by molar-refractivity contribution is 5.99. The smallest absolute Gasteiger partial charge is 0.0540 e. The predicted octanol–water partition coefficient (Wildman–Crippen LogP) is 13.6. The van der Waals surface area contributed by atoms with Gasteiger partial charge in [-0.25, -0.2) is 0 Å². The van der Waals surface area contributed by atoms with Crippen LogP contribution in [0.1, 0.15) is 68.6 Å². The number of anilines is 3. The van der Waals surface area contributed by atoms with Gasteiger partial charge in [-0.1, -0.05) is 148 Å². The monoisotopic (exact) mass is 643 g/mol. The maximum atomic E-state index is 3.42. The number of nitrogens with zero attached hydrogens (tertiary/aromatic N) is 1. The summed E-state index contributed by atoms with van der Waals surface area (Å²) in [6, 6.07) is 60.4. The van der Waals surface area contributed by atoms with Gasteiger partial charge >= 0.3 is 0 Å². The van der Waals surface area contributed by atoms with Crippen molar-refractivity contribution in [2.75, 3.05) is 4.90 Å². The number of hydrogen-bond acceptors (Lipinski definition) is 1. The number of hydrogen-bond donors (Lipinski definition) is 0. The minimum absolute atomic E-state index is 0.133. The lowest BCUT2D eigenvalue weighted by atomic mass is 9.81. The Morgan fingerprint density at radius 1 is 0.560 bits per heavy atom. The van der Waals surface area contributed by atoms with Gasteiger partial charge in [-0.2, -0.15) is 0 Å². The molecule has 1 heteroatoms. The molecule has 50 heavy (non-hydrogen) atoms. The molecular weight excluding hydrogens is 603 g/mol. The van der Waals surface area contributed by atoms with E-state index in [0.29, 0.717) is 5.92 Å². The van der Waals surface area contributed by atoms with Crippen molar-refractivity contribution in [3.8, 4) is 33.4 Å². The highest BCUT2D eigenvalue weighted by Gasteiger charge is 2.36. The largest absolute Gasteiger partial charge is 0.310 e. The highest BCUT2D eigenvalue weighted by atomic mass is 15.1. The molecule has 7 aromatic rings. The third-order valence-corrected chi connectivity index (χ3v) is 11.3. The predicted molar refractivity (Wildman–Crippen MR) is 211 cm³/mol. The number of benzene rings is 6. The fourth-order valence-corrected chi connectivity index (χ4v) is 8.77. The van der Waals surface area contributed by atoms with Gasteiger partial charge in [0.05, 0.1) is 5.69 Å². The van der Waals surface area contributed by atoms with Crippen molar-refractivity contribution in [1.82, 2.24) is 0 Å². The van der Waals surface area contributed by atoms with Crippen LogP contribution in [0.3, 0.4) is 0 Å². The number of fused-ring (bicyclic) bond motifs is 4. The topological polar surface area (TPSA) is 3.24 Å². The minimum atomic E-state index is -0.133. The van der Waals surface area contributed by atoms with E-state index in [1.807, 2.05) is 6.07 Å². The van der Waals surface area contributed by atoms with Crippen LogP contribution in [0.2, 0.25) is 0 Å². The van der Waals surface area contributed by atoms with Gasteiger partial charge < -0.3 is 4.90 Å². The number of rotatable bonds is 6. The van der Waals surface area contributed by atoms with Crippen LogP contribution in [-0.4, -0.2) is 0 Å². The Kier molecular flexibility index (Phi) is 7.55.